The molecule has 1 heterocycles. The van der Waals surface area contributed by atoms with Gasteiger partial charge in [0, 0.05) is 6.20 Å². The number of hydrogen-bond donors (Lipinski definition) is 0. The van der Waals surface area contributed by atoms with Gasteiger partial charge in [-0.25, -0.2) is 0 Å². The summed E-state index contributed by atoms with van der Waals surface area (Å²) < 4.78 is 0. The van der Waals surface area contributed by atoms with Gasteiger partial charge >= 0.3 is 0 Å². The fraction of sp³-hybridized carbons (Fsp3) is 0.588. The maximum atomic E-state index is 4.55. The first-order valence-electron chi connectivity index (χ1n) is 7.29. The quantitative estimate of drug-likeness (QED) is 0.659. The summed E-state index contributed by atoms with van der Waals surface area (Å²) in [6, 6.07) is 6.22. The van der Waals surface area contributed by atoms with E-state index in [1.165, 1.54) is 18.4 Å². The van der Waals surface area contributed by atoms with Crippen LogP contribution >= 0.6 is 0 Å². The lowest BCUT2D eigenvalue weighted by molar-refractivity contribution is 0.530. The molecule has 0 radical (unpaired) electrons. The summed E-state index contributed by atoms with van der Waals surface area (Å²) in [5.41, 5.74) is 4.23. The minimum Gasteiger partial charge on any atom is -0.257 e. The molecule has 1 aromatic rings. The van der Waals surface area contributed by atoms with Crippen LogP contribution < -0.4 is 0 Å². The Bertz CT molecular complexity index is 366. The van der Waals surface area contributed by atoms with Crippen molar-refractivity contribution >= 4 is 5.57 Å². The number of pyridine rings is 1. The van der Waals surface area contributed by atoms with E-state index < -0.39 is 0 Å². The van der Waals surface area contributed by atoms with Crippen LogP contribution in [0.15, 0.2) is 30.0 Å². The van der Waals surface area contributed by atoms with Crippen LogP contribution in [0.1, 0.15) is 59.6 Å². The molecule has 0 aliphatic heterocycles. The molecule has 0 N–H and O–H groups in total. The Labute approximate surface area is 112 Å². The van der Waals surface area contributed by atoms with Crippen molar-refractivity contribution in [1.82, 2.24) is 4.98 Å². The monoisotopic (exact) mass is 245 g/mol. The summed E-state index contributed by atoms with van der Waals surface area (Å²) >= 11 is 0. The van der Waals surface area contributed by atoms with Gasteiger partial charge in [-0.3, -0.25) is 4.98 Å². The van der Waals surface area contributed by atoms with Gasteiger partial charge in [-0.2, -0.15) is 0 Å². The van der Waals surface area contributed by atoms with Crippen LogP contribution in [-0.2, 0) is 0 Å². The molecule has 1 unspecified atom stereocenters. The van der Waals surface area contributed by atoms with E-state index in [1.807, 2.05) is 12.3 Å². The van der Waals surface area contributed by atoms with Crippen molar-refractivity contribution in [2.75, 3.05) is 0 Å². The smallest absolute Gasteiger partial charge is 0.0661 e. The van der Waals surface area contributed by atoms with E-state index in [4.69, 9.17) is 0 Å². The Hall–Kier alpha value is -1.11. The van der Waals surface area contributed by atoms with Gasteiger partial charge in [-0.05, 0) is 48.8 Å². The van der Waals surface area contributed by atoms with Crippen molar-refractivity contribution in [3.63, 3.8) is 0 Å². The largest absolute Gasteiger partial charge is 0.257 e. The fourth-order valence-corrected chi connectivity index (χ4v) is 2.59. The zero-order chi connectivity index (χ0) is 13.5. The fourth-order valence-electron chi connectivity index (χ4n) is 2.59. The summed E-state index contributed by atoms with van der Waals surface area (Å²) in [5.74, 6) is 1.30. The van der Waals surface area contributed by atoms with Gasteiger partial charge in [0.25, 0.3) is 0 Å². The van der Waals surface area contributed by atoms with E-state index in [0.717, 1.165) is 12.1 Å². The first kappa shape index (κ1) is 14.9. The van der Waals surface area contributed by atoms with Crippen LogP contribution in [0.25, 0.3) is 5.57 Å². The molecular weight excluding hydrogens is 218 g/mol. The Morgan fingerprint density at radius 3 is 2.06 bits per heavy atom. The second kappa shape index (κ2) is 7.35. The highest BCUT2D eigenvalue weighted by molar-refractivity contribution is 5.66. The molecule has 1 nitrogen and oxygen atoms in total. The lowest BCUT2D eigenvalue weighted by atomic mass is 9.81. The summed E-state index contributed by atoms with van der Waals surface area (Å²) in [5, 5.41) is 0. The highest BCUT2D eigenvalue weighted by Crippen LogP contribution is 2.33. The van der Waals surface area contributed by atoms with Crippen LogP contribution in [0.4, 0.5) is 0 Å². The van der Waals surface area contributed by atoms with Crippen molar-refractivity contribution in [1.29, 1.82) is 0 Å². The van der Waals surface area contributed by atoms with E-state index in [-0.39, 0.29) is 0 Å². The number of hydrogen-bond acceptors (Lipinski definition) is 1. The average molecular weight is 245 g/mol. The van der Waals surface area contributed by atoms with Crippen molar-refractivity contribution in [2.24, 2.45) is 11.8 Å². The topological polar surface area (TPSA) is 12.9 Å². The van der Waals surface area contributed by atoms with Crippen LogP contribution in [0.5, 0.6) is 0 Å². The summed E-state index contributed by atoms with van der Waals surface area (Å²) in [4.78, 5) is 4.55. The molecule has 0 fully saturated rings. The highest BCUT2D eigenvalue weighted by Gasteiger charge is 2.18. The minimum atomic E-state index is 0.650. The first-order chi connectivity index (χ1) is 8.65. The second-order valence-corrected chi connectivity index (χ2v) is 5.12. The van der Waals surface area contributed by atoms with Crippen LogP contribution in [0.2, 0.25) is 0 Å². The lowest BCUT2D eigenvalue weighted by Crippen LogP contribution is -2.10. The maximum absolute atomic E-state index is 4.55. The standard InChI is InChI=1S/C17H27N/c1-6-13(4)17(14(5)7-2)15(8-3)16-11-9-10-12-18-16/h9-14H,6-8H2,1-5H3/t13-,14?/m1/s1. The number of rotatable bonds is 6. The molecule has 0 saturated carbocycles. The Kier molecular flexibility index (Phi) is 6.11. The first-order valence-corrected chi connectivity index (χ1v) is 7.29. The van der Waals surface area contributed by atoms with Crippen LogP contribution in [0.3, 0.4) is 0 Å². The molecule has 100 valence electrons. The predicted octanol–water partition coefficient (Wildman–Crippen LogP) is 5.34. The van der Waals surface area contributed by atoms with E-state index in [9.17, 15) is 0 Å². The predicted molar refractivity (Wildman–Crippen MR) is 80.4 cm³/mol. The Balaban J connectivity index is 3.29. The van der Waals surface area contributed by atoms with Crippen molar-refractivity contribution in [3.05, 3.63) is 35.7 Å². The zero-order valence-corrected chi connectivity index (χ0v) is 12.5. The van der Waals surface area contributed by atoms with Gasteiger partial charge in [0.15, 0.2) is 0 Å². The van der Waals surface area contributed by atoms with Gasteiger partial charge in [-0.15, -0.1) is 0 Å². The normalized spacial score (nSPS) is 16.1. The molecule has 1 heteroatoms. The highest BCUT2D eigenvalue weighted by atomic mass is 14.7. The lowest BCUT2D eigenvalue weighted by Gasteiger charge is -2.24. The molecular formula is C17H27N. The molecule has 1 aromatic heterocycles. The SMILES string of the molecule is CCC(=C(C(C)CC)[C@H](C)CC)c1ccccn1. The van der Waals surface area contributed by atoms with Gasteiger partial charge in [0.1, 0.15) is 0 Å². The molecule has 1 rings (SSSR count). The van der Waals surface area contributed by atoms with Crippen LogP contribution in [-0.4, -0.2) is 4.98 Å². The molecule has 0 aromatic carbocycles. The van der Waals surface area contributed by atoms with Gasteiger partial charge in [-0.1, -0.05) is 46.3 Å². The van der Waals surface area contributed by atoms with E-state index >= 15 is 0 Å². The molecule has 2 atom stereocenters. The van der Waals surface area contributed by atoms with Crippen LogP contribution in [0, 0.1) is 11.8 Å². The summed E-state index contributed by atoms with van der Waals surface area (Å²) in [6.07, 6.45) is 5.38. The summed E-state index contributed by atoms with van der Waals surface area (Å²) in [7, 11) is 0. The molecule has 0 aliphatic carbocycles. The maximum Gasteiger partial charge on any atom is 0.0661 e. The van der Waals surface area contributed by atoms with Gasteiger partial charge in [0.2, 0.25) is 0 Å². The molecule has 0 aliphatic rings. The van der Waals surface area contributed by atoms with E-state index in [2.05, 4.69) is 51.7 Å². The zero-order valence-electron chi connectivity index (χ0n) is 12.5. The number of nitrogens with zero attached hydrogens (tertiary/aromatic N) is 1. The molecule has 0 amide bonds. The second-order valence-electron chi connectivity index (χ2n) is 5.12. The third-order valence-electron chi connectivity index (χ3n) is 3.96. The summed E-state index contributed by atoms with van der Waals surface area (Å²) in [6.45, 7) is 11.5. The third kappa shape index (κ3) is 3.44. The number of aromatic nitrogens is 1. The molecule has 0 bridgehead atoms. The van der Waals surface area contributed by atoms with Crippen molar-refractivity contribution in [2.45, 2.75) is 53.9 Å². The van der Waals surface area contributed by atoms with Crippen molar-refractivity contribution < 1.29 is 0 Å². The molecule has 0 saturated heterocycles. The van der Waals surface area contributed by atoms with Gasteiger partial charge < -0.3 is 0 Å². The van der Waals surface area contributed by atoms with E-state index in [1.54, 1.807) is 5.57 Å². The number of allylic oxidation sites excluding steroid dienone is 2. The minimum absolute atomic E-state index is 0.650. The third-order valence-corrected chi connectivity index (χ3v) is 3.96. The van der Waals surface area contributed by atoms with E-state index in [0.29, 0.717) is 11.8 Å². The van der Waals surface area contributed by atoms with Crippen molar-refractivity contribution in [3.8, 4) is 0 Å². The average Bonchev–Trinajstić information content (AvgIpc) is 2.44. The molecule has 0 spiro atoms. The van der Waals surface area contributed by atoms with Gasteiger partial charge in [0.05, 0.1) is 5.69 Å². The Morgan fingerprint density at radius 1 is 1.06 bits per heavy atom. The Morgan fingerprint density at radius 2 is 1.67 bits per heavy atom. The molecule has 18 heavy (non-hydrogen) atoms.